The van der Waals surface area contributed by atoms with E-state index in [9.17, 15) is 17.6 Å². The highest BCUT2D eigenvalue weighted by molar-refractivity contribution is 9.10. The summed E-state index contributed by atoms with van der Waals surface area (Å²) in [6.45, 7) is 0.544. The molecule has 1 fully saturated rings. The second kappa shape index (κ2) is 8.08. The molecule has 2 aromatic rings. The van der Waals surface area contributed by atoms with Crippen LogP contribution in [0.3, 0.4) is 0 Å². The van der Waals surface area contributed by atoms with E-state index in [-0.39, 0.29) is 22.7 Å². The molecule has 1 atom stereocenters. The summed E-state index contributed by atoms with van der Waals surface area (Å²) in [4.78, 5) is 14.3. The first-order valence-corrected chi connectivity index (χ1v) is 10.9. The molecule has 1 heterocycles. The van der Waals surface area contributed by atoms with E-state index >= 15 is 0 Å². The molecule has 0 radical (unpaired) electrons. The first kappa shape index (κ1) is 20.0. The molecule has 0 aromatic heterocycles. The molecular weight excluding hydrogens is 435 g/mol. The average molecular weight is 455 g/mol. The fourth-order valence-electron chi connectivity index (χ4n) is 3.19. The SMILES string of the molecule is CN1CCN(S(=O)(=O)Cc2cccc(F)c2Br)C(Cc2ccccc2)C1=O. The number of hydrogen-bond donors (Lipinski definition) is 0. The van der Waals surface area contributed by atoms with Crippen LogP contribution in [0.1, 0.15) is 11.1 Å². The van der Waals surface area contributed by atoms with Crippen LogP contribution in [0, 0.1) is 5.82 Å². The lowest BCUT2D eigenvalue weighted by Gasteiger charge is -2.38. The normalized spacial score (nSPS) is 18.7. The number of amides is 1. The Labute approximate surface area is 167 Å². The summed E-state index contributed by atoms with van der Waals surface area (Å²) in [5.74, 6) is -1.11. The van der Waals surface area contributed by atoms with Crippen molar-refractivity contribution in [3.63, 3.8) is 0 Å². The molecule has 1 saturated heterocycles. The van der Waals surface area contributed by atoms with Crippen molar-refractivity contribution in [1.82, 2.24) is 9.21 Å². The quantitative estimate of drug-likeness (QED) is 0.697. The Morgan fingerprint density at radius 3 is 2.52 bits per heavy atom. The zero-order valence-corrected chi connectivity index (χ0v) is 17.2. The number of sulfonamides is 1. The summed E-state index contributed by atoms with van der Waals surface area (Å²) in [5.41, 5.74) is 1.22. The van der Waals surface area contributed by atoms with Crippen LogP contribution in [0.4, 0.5) is 4.39 Å². The van der Waals surface area contributed by atoms with Crippen molar-refractivity contribution >= 4 is 31.9 Å². The van der Waals surface area contributed by atoms with Crippen LogP contribution in [0.15, 0.2) is 53.0 Å². The van der Waals surface area contributed by atoms with Gasteiger partial charge in [0, 0.05) is 20.1 Å². The number of benzene rings is 2. The fraction of sp³-hybridized carbons (Fsp3) is 0.316. The molecule has 1 aliphatic rings. The number of piperazine rings is 1. The Morgan fingerprint density at radius 2 is 1.81 bits per heavy atom. The van der Waals surface area contributed by atoms with Gasteiger partial charge in [-0.2, -0.15) is 4.31 Å². The van der Waals surface area contributed by atoms with Crippen LogP contribution in [0.2, 0.25) is 0 Å². The van der Waals surface area contributed by atoms with Crippen molar-refractivity contribution in [2.75, 3.05) is 20.1 Å². The molecular formula is C19H20BrFN2O3S. The summed E-state index contributed by atoms with van der Waals surface area (Å²) in [6.07, 6.45) is 0.299. The molecule has 5 nitrogen and oxygen atoms in total. The Bertz CT molecular complexity index is 937. The Kier molecular flexibility index (Phi) is 5.98. The summed E-state index contributed by atoms with van der Waals surface area (Å²) < 4.78 is 41.3. The molecule has 0 saturated carbocycles. The molecule has 0 N–H and O–H groups in total. The number of halogens is 2. The Balaban J connectivity index is 1.90. The van der Waals surface area contributed by atoms with Gasteiger partial charge in [0.2, 0.25) is 15.9 Å². The summed E-state index contributed by atoms with van der Waals surface area (Å²) in [5, 5.41) is 0. The van der Waals surface area contributed by atoms with Crippen molar-refractivity contribution in [2.24, 2.45) is 0 Å². The van der Waals surface area contributed by atoms with Gasteiger partial charge in [0.05, 0.1) is 10.2 Å². The van der Waals surface area contributed by atoms with Gasteiger partial charge in [-0.05, 0) is 39.5 Å². The summed E-state index contributed by atoms with van der Waals surface area (Å²) in [7, 11) is -2.14. The lowest BCUT2D eigenvalue weighted by atomic mass is 10.0. The maximum absolute atomic E-state index is 13.8. The number of likely N-dealkylation sites (N-methyl/N-ethyl adjacent to an activating group) is 1. The van der Waals surface area contributed by atoms with Crippen LogP contribution in [0.25, 0.3) is 0 Å². The van der Waals surface area contributed by atoms with Crippen LogP contribution in [-0.4, -0.2) is 49.7 Å². The van der Waals surface area contributed by atoms with E-state index in [0.29, 0.717) is 18.5 Å². The maximum Gasteiger partial charge on any atom is 0.241 e. The molecule has 1 unspecified atom stereocenters. The number of carbonyl (C=O) groups is 1. The molecule has 8 heteroatoms. The number of nitrogens with zero attached hydrogens (tertiary/aromatic N) is 2. The van der Waals surface area contributed by atoms with E-state index in [1.54, 1.807) is 18.0 Å². The van der Waals surface area contributed by atoms with Gasteiger partial charge in [-0.25, -0.2) is 12.8 Å². The van der Waals surface area contributed by atoms with E-state index in [2.05, 4.69) is 15.9 Å². The molecule has 0 spiro atoms. The predicted octanol–water partition coefficient (Wildman–Crippen LogP) is 2.80. The van der Waals surface area contributed by atoms with Crippen molar-refractivity contribution < 1.29 is 17.6 Å². The summed E-state index contributed by atoms with van der Waals surface area (Å²) in [6, 6.07) is 12.8. The van der Waals surface area contributed by atoms with E-state index in [4.69, 9.17) is 0 Å². The van der Waals surface area contributed by atoms with E-state index in [1.807, 2.05) is 30.3 Å². The molecule has 27 heavy (non-hydrogen) atoms. The van der Waals surface area contributed by atoms with Gasteiger partial charge in [0.25, 0.3) is 0 Å². The monoisotopic (exact) mass is 454 g/mol. The molecule has 0 aliphatic carbocycles. The van der Waals surface area contributed by atoms with Crippen LogP contribution >= 0.6 is 15.9 Å². The van der Waals surface area contributed by atoms with Gasteiger partial charge in [-0.1, -0.05) is 42.5 Å². The van der Waals surface area contributed by atoms with Gasteiger partial charge in [0.1, 0.15) is 11.9 Å². The lowest BCUT2D eigenvalue weighted by Crippen LogP contribution is -2.58. The molecule has 2 aromatic carbocycles. The maximum atomic E-state index is 13.8. The predicted molar refractivity (Wildman–Crippen MR) is 105 cm³/mol. The zero-order valence-electron chi connectivity index (χ0n) is 14.8. The zero-order chi connectivity index (χ0) is 19.6. The van der Waals surface area contributed by atoms with E-state index in [1.165, 1.54) is 16.4 Å². The van der Waals surface area contributed by atoms with Crippen molar-refractivity contribution in [1.29, 1.82) is 0 Å². The lowest BCUT2D eigenvalue weighted by molar-refractivity contribution is -0.137. The van der Waals surface area contributed by atoms with Crippen molar-refractivity contribution in [3.8, 4) is 0 Å². The minimum absolute atomic E-state index is 0.133. The van der Waals surface area contributed by atoms with Gasteiger partial charge in [0.15, 0.2) is 0 Å². The third-order valence-electron chi connectivity index (χ3n) is 4.66. The summed E-state index contributed by atoms with van der Waals surface area (Å²) >= 11 is 3.11. The fourth-order valence-corrected chi connectivity index (χ4v) is 5.49. The van der Waals surface area contributed by atoms with Crippen LogP contribution < -0.4 is 0 Å². The molecule has 144 valence electrons. The first-order valence-electron chi connectivity index (χ1n) is 8.51. The first-order chi connectivity index (χ1) is 12.8. The molecule has 1 amide bonds. The van der Waals surface area contributed by atoms with Gasteiger partial charge in [-0.3, -0.25) is 4.79 Å². The van der Waals surface area contributed by atoms with E-state index in [0.717, 1.165) is 5.56 Å². The molecule has 3 rings (SSSR count). The van der Waals surface area contributed by atoms with Gasteiger partial charge in [-0.15, -0.1) is 0 Å². The van der Waals surface area contributed by atoms with Crippen LogP contribution in [-0.2, 0) is 27.0 Å². The van der Waals surface area contributed by atoms with Crippen molar-refractivity contribution in [3.05, 3.63) is 69.9 Å². The number of hydrogen-bond acceptors (Lipinski definition) is 3. The smallest absolute Gasteiger partial charge is 0.241 e. The second-order valence-corrected chi connectivity index (χ2v) is 9.26. The number of rotatable bonds is 5. The highest BCUT2D eigenvalue weighted by Gasteiger charge is 2.40. The highest BCUT2D eigenvalue weighted by Crippen LogP contribution is 2.26. The van der Waals surface area contributed by atoms with Crippen LogP contribution in [0.5, 0.6) is 0 Å². The minimum Gasteiger partial charge on any atom is -0.343 e. The largest absolute Gasteiger partial charge is 0.343 e. The molecule has 0 bridgehead atoms. The van der Waals surface area contributed by atoms with Gasteiger partial charge >= 0.3 is 0 Å². The van der Waals surface area contributed by atoms with E-state index < -0.39 is 21.9 Å². The average Bonchev–Trinajstić information content (AvgIpc) is 2.63. The highest BCUT2D eigenvalue weighted by atomic mass is 79.9. The number of carbonyl (C=O) groups excluding carboxylic acids is 1. The Morgan fingerprint density at radius 1 is 1.11 bits per heavy atom. The topological polar surface area (TPSA) is 57.7 Å². The third kappa shape index (κ3) is 4.39. The standard InChI is InChI=1S/C19H20BrFN2O3S/c1-22-10-11-23(17(19(22)24)12-14-6-3-2-4-7-14)27(25,26)13-15-8-5-9-16(21)18(15)20/h2-9,17H,10-13H2,1H3. The second-order valence-electron chi connectivity index (χ2n) is 6.55. The third-order valence-corrected chi connectivity index (χ3v) is 7.38. The minimum atomic E-state index is -3.81. The Hall–Kier alpha value is -1.77. The van der Waals surface area contributed by atoms with Gasteiger partial charge < -0.3 is 4.90 Å². The molecule has 1 aliphatic heterocycles. The van der Waals surface area contributed by atoms with Crippen molar-refractivity contribution in [2.45, 2.75) is 18.2 Å².